The summed E-state index contributed by atoms with van der Waals surface area (Å²) < 4.78 is 2.00. The lowest BCUT2D eigenvalue weighted by Crippen LogP contribution is -2.38. The molecule has 152 valence electrons. The van der Waals surface area contributed by atoms with Crippen LogP contribution in [0, 0.1) is 12.8 Å². The highest BCUT2D eigenvalue weighted by Crippen LogP contribution is 2.28. The van der Waals surface area contributed by atoms with E-state index in [-0.39, 0.29) is 0 Å². The molecule has 1 fully saturated rings. The lowest BCUT2D eigenvalue weighted by Gasteiger charge is -2.13. The van der Waals surface area contributed by atoms with E-state index < -0.39 is 0 Å². The number of benzene rings is 1. The molecule has 0 saturated heterocycles. The third-order valence-electron chi connectivity index (χ3n) is 5.67. The number of aliphatic imine (C=N–C) groups is 1. The van der Waals surface area contributed by atoms with E-state index in [1.807, 2.05) is 24.6 Å². The number of aryl methyl sites for hydroxylation is 1. The van der Waals surface area contributed by atoms with E-state index in [1.165, 1.54) is 50.5 Å². The molecule has 0 atom stereocenters. The summed E-state index contributed by atoms with van der Waals surface area (Å²) in [6.45, 7) is 4.19. The summed E-state index contributed by atoms with van der Waals surface area (Å²) in [6.07, 6.45) is 9.61. The van der Waals surface area contributed by atoms with E-state index in [2.05, 4.69) is 45.1 Å². The van der Waals surface area contributed by atoms with Crippen LogP contribution in [0.15, 0.2) is 35.3 Å². The van der Waals surface area contributed by atoms with Crippen molar-refractivity contribution in [3.8, 4) is 0 Å². The van der Waals surface area contributed by atoms with E-state index in [0.29, 0.717) is 13.1 Å². The topological polar surface area (TPSA) is 67.1 Å². The van der Waals surface area contributed by atoms with Crippen LogP contribution >= 0.6 is 0 Å². The van der Waals surface area contributed by atoms with Gasteiger partial charge < -0.3 is 15.2 Å². The van der Waals surface area contributed by atoms with E-state index >= 15 is 0 Å². The maximum Gasteiger partial charge on any atom is 0.191 e. The van der Waals surface area contributed by atoms with Gasteiger partial charge in [-0.05, 0) is 24.8 Å². The Morgan fingerprint density at radius 3 is 2.61 bits per heavy atom. The second-order valence-electron chi connectivity index (χ2n) is 7.80. The first-order chi connectivity index (χ1) is 13.7. The first-order valence-corrected chi connectivity index (χ1v) is 10.6. The van der Waals surface area contributed by atoms with Crippen molar-refractivity contribution in [3.63, 3.8) is 0 Å². The highest BCUT2D eigenvalue weighted by molar-refractivity contribution is 5.79. The Morgan fingerprint density at radius 1 is 1.11 bits per heavy atom. The lowest BCUT2D eigenvalue weighted by atomic mass is 10.0. The predicted molar refractivity (Wildman–Crippen MR) is 114 cm³/mol. The predicted octanol–water partition coefficient (Wildman–Crippen LogP) is 3.72. The Hall–Kier alpha value is -2.37. The fraction of sp³-hybridized carbons (Fsp3) is 0.591. The first kappa shape index (κ1) is 20.4. The van der Waals surface area contributed by atoms with Crippen molar-refractivity contribution in [2.45, 2.75) is 65.0 Å². The number of rotatable bonds is 9. The van der Waals surface area contributed by atoms with Gasteiger partial charge in [-0.2, -0.15) is 0 Å². The zero-order chi connectivity index (χ0) is 19.6. The van der Waals surface area contributed by atoms with Crippen molar-refractivity contribution < 1.29 is 0 Å². The highest BCUT2D eigenvalue weighted by atomic mass is 15.3. The Labute approximate surface area is 168 Å². The molecule has 1 heterocycles. The Balaban J connectivity index is 1.48. The van der Waals surface area contributed by atoms with Crippen LogP contribution in [0.4, 0.5) is 0 Å². The summed E-state index contributed by atoms with van der Waals surface area (Å²) in [4.78, 5) is 4.76. The number of hydrogen-bond donors (Lipinski definition) is 2. The van der Waals surface area contributed by atoms with Gasteiger partial charge in [0.05, 0.1) is 13.1 Å². The molecule has 6 nitrogen and oxygen atoms in total. The van der Waals surface area contributed by atoms with Gasteiger partial charge in [0.1, 0.15) is 5.82 Å². The molecule has 0 spiro atoms. The van der Waals surface area contributed by atoms with E-state index in [4.69, 9.17) is 4.99 Å². The van der Waals surface area contributed by atoms with Crippen molar-refractivity contribution in [2.75, 3.05) is 6.54 Å². The zero-order valence-electron chi connectivity index (χ0n) is 17.3. The van der Waals surface area contributed by atoms with Gasteiger partial charge in [-0.3, -0.25) is 0 Å². The van der Waals surface area contributed by atoms with Gasteiger partial charge in [0.25, 0.3) is 0 Å². The average molecular weight is 383 g/mol. The van der Waals surface area contributed by atoms with Gasteiger partial charge in [0.15, 0.2) is 11.8 Å². The largest absolute Gasteiger partial charge is 0.356 e. The number of hydrogen-bond acceptors (Lipinski definition) is 3. The van der Waals surface area contributed by atoms with Crippen LogP contribution in [-0.2, 0) is 20.1 Å². The molecule has 1 aromatic heterocycles. The molecule has 0 amide bonds. The number of guanidine groups is 1. The summed E-state index contributed by atoms with van der Waals surface area (Å²) in [6, 6.07) is 10.3. The normalized spacial score (nSPS) is 15.1. The summed E-state index contributed by atoms with van der Waals surface area (Å²) in [5, 5.41) is 15.3. The highest BCUT2D eigenvalue weighted by Gasteiger charge is 2.14. The third-order valence-corrected chi connectivity index (χ3v) is 5.67. The molecule has 0 bridgehead atoms. The van der Waals surface area contributed by atoms with Crippen LogP contribution < -0.4 is 10.6 Å². The van der Waals surface area contributed by atoms with Crippen molar-refractivity contribution in [3.05, 3.63) is 47.5 Å². The summed E-state index contributed by atoms with van der Waals surface area (Å²) in [7, 11) is 1.99. The molecule has 28 heavy (non-hydrogen) atoms. The maximum atomic E-state index is 4.76. The summed E-state index contributed by atoms with van der Waals surface area (Å²) in [5.41, 5.74) is 1.21. The zero-order valence-corrected chi connectivity index (χ0v) is 17.3. The molecular weight excluding hydrogens is 348 g/mol. The Morgan fingerprint density at radius 2 is 1.89 bits per heavy atom. The summed E-state index contributed by atoms with van der Waals surface area (Å²) >= 11 is 0. The van der Waals surface area contributed by atoms with Crippen molar-refractivity contribution in [1.29, 1.82) is 0 Å². The fourth-order valence-corrected chi connectivity index (χ4v) is 3.76. The second kappa shape index (κ2) is 10.8. The van der Waals surface area contributed by atoms with Gasteiger partial charge in [-0.25, -0.2) is 4.99 Å². The molecule has 1 aliphatic carbocycles. The van der Waals surface area contributed by atoms with E-state index in [1.54, 1.807) is 0 Å². The minimum Gasteiger partial charge on any atom is -0.356 e. The van der Waals surface area contributed by atoms with E-state index in [9.17, 15) is 0 Å². The molecule has 0 aliphatic heterocycles. The first-order valence-electron chi connectivity index (χ1n) is 10.6. The van der Waals surface area contributed by atoms with Gasteiger partial charge in [0, 0.05) is 13.6 Å². The van der Waals surface area contributed by atoms with Crippen molar-refractivity contribution in [1.82, 2.24) is 25.4 Å². The molecule has 1 aromatic carbocycles. The quantitative estimate of drug-likeness (QED) is 0.394. The molecule has 0 radical (unpaired) electrons. The van der Waals surface area contributed by atoms with Crippen LogP contribution in [-0.4, -0.2) is 27.3 Å². The molecule has 6 heteroatoms. The standard InChI is InChI=1S/C22H34N6/c1-18-26-27-21(28(18)2)17-25-22(24-16-20-13-4-3-5-14-20)23-15-9-8-12-19-10-6-7-11-19/h3-5,13-14,19H,6-12,15-17H2,1-2H3,(H2,23,24,25). The van der Waals surface area contributed by atoms with Crippen LogP contribution in [0.1, 0.15) is 62.2 Å². The molecule has 2 aromatic rings. The molecule has 3 rings (SSSR count). The van der Waals surface area contributed by atoms with Gasteiger partial charge in [-0.15, -0.1) is 10.2 Å². The minimum absolute atomic E-state index is 0.611. The van der Waals surface area contributed by atoms with Crippen LogP contribution in [0.3, 0.4) is 0 Å². The number of nitrogens with one attached hydrogen (secondary N) is 2. The second-order valence-corrected chi connectivity index (χ2v) is 7.80. The van der Waals surface area contributed by atoms with Crippen molar-refractivity contribution >= 4 is 5.96 Å². The van der Waals surface area contributed by atoms with Crippen LogP contribution in [0.5, 0.6) is 0 Å². The van der Waals surface area contributed by atoms with Crippen molar-refractivity contribution in [2.24, 2.45) is 18.0 Å². The average Bonchev–Trinajstić information content (AvgIpc) is 3.35. The Kier molecular flexibility index (Phi) is 7.88. The number of unbranched alkanes of at least 4 members (excludes halogenated alkanes) is 1. The maximum absolute atomic E-state index is 4.76. The number of nitrogens with zero attached hydrogens (tertiary/aromatic N) is 4. The molecule has 1 saturated carbocycles. The van der Waals surface area contributed by atoms with Gasteiger partial charge in [0.2, 0.25) is 0 Å². The van der Waals surface area contributed by atoms with Gasteiger partial charge in [-0.1, -0.05) is 68.9 Å². The minimum atomic E-state index is 0.611. The lowest BCUT2D eigenvalue weighted by molar-refractivity contribution is 0.472. The molecule has 1 aliphatic rings. The fourth-order valence-electron chi connectivity index (χ4n) is 3.76. The molecule has 0 unspecified atom stereocenters. The molecular formula is C22H34N6. The number of aromatic nitrogens is 3. The monoisotopic (exact) mass is 382 g/mol. The van der Waals surface area contributed by atoms with Gasteiger partial charge >= 0.3 is 0 Å². The molecule has 2 N–H and O–H groups in total. The Bertz CT molecular complexity index is 731. The SMILES string of the molecule is Cc1nnc(CNC(=NCc2ccccc2)NCCCCC2CCCC2)n1C. The van der Waals surface area contributed by atoms with E-state index in [0.717, 1.165) is 30.1 Å². The smallest absolute Gasteiger partial charge is 0.191 e. The summed E-state index contributed by atoms with van der Waals surface area (Å²) in [5.74, 6) is 3.64. The third kappa shape index (κ3) is 6.36. The van der Waals surface area contributed by atoms with Crippen LogP contribution in [0.25, 0.3) is 0 Å². The van der Waals surface area contributed by atoms with Crippen LogP contribution in [0.2, 0.25) is 0 Å².